The minimum atomic E-state index is -1.08. The standard InChI is InChI=1S/C18H19BrO5/c1-11-6-12(2)8-14(7-11)23-4-5-24-17-15(18(20)21)9-13(19)10-16(17)22-3/h6-10H,4-5H2,1-3H3,(H,20,21). The molecule has 128 valence electrons. The van der Waals surface area contributed by atoms with Crippen molar-refractivity contribution in [1.29, 1.82) is 0 Å². The zero-order chi connectivity index (χ0) is 17.7. The van der Waals surface area contributed by atoms with Crippen LogP contribution < -0.4 is 14.2 Å². The molecular weight excluding hydrogens is 376 g/mol. The van der Waals surface area contributed by atoms with Crippen LogP contribution in [0.5, 0.6) is 17.2 Å². The van der Waals surface area contributed by atoms with Crippen LogP contribution in [0.15, 0.2) is 34.8 Å². The van der Waals surface area contributed by atoms with Gasteiger partial charge in [0.25, 0.3) is 0 Å². The summed E-state index contributed by atoms with van der Waals surface area (Å²) in [4.78, 5) is 11.4. The molecule has 0 aliphatic heterocycles. The molecule has 2 aromatic carbocycles. The monoisotopic (exact) mass is 394 g/mol. The van der Waals surface area contributed by atoms with E-state index < -0.39 is 5.97 Å². The Balaban J connectivity index is 2.05. The molecule has 0 heterocycles. The molecule has 0 amide bonds. The number of rotatable bonds is 7. The number of carboxylic acid groups (broad SMARTS) is 1. The number of benzene rings is 2. The van der Waals surface area contributed by atoms with Crippen molar-refractivity contribution in [3.8, 4) is 17.2 Å². The van der Waals surface area contributed by atoms with Gasteiger partial charge in [-0.2, -0.15) is 0 Å². The first kappa shape index (κ1) is 18.1. The summed E-state index contributed by atoms with van der Waals surface area (Å²) >= 11 is 3.26. The largest absolute Gasteiger partial charge is 0.493 e. The van der Waals surface area contributed by atoms with Gasteiger partial charge in [-0.05, 0) is 49.2 Å². The average Bonchev–Trinajstić information content (AvgIpc) is 2.50. The van der Waals surface area contributed by atoms with Crippen LogP contribution in [-0.4, -0.2) is 31.4 Å². The van der Waals surface area contributed by atoms with Crippen molar-refractivity contribution in [3.05, 3.63) is 51.5 Å². The Morgan fingerprint density at radius 1 is 1.04 bits per heavy atom. The van der Waals surface area contributed by atoms with Gasteiger partial charge in [-0.15, -0.1) is 0 Å². The minimum Gasteiger partial charge on any atom is -0.493 e. The van der Waals surface area contributed by atoms with Crippen LogP contribution in [0.2, 0.25) is 0 Å². The van der Waals surface area contributed by atoms with E-state index in [9.17, 15) is 9.90 Å². The SMILES string of the molecule is COc1cc(Br)cc(C(=O)O)c1OCCOc1cc(C)cc(C)c1. The van der Waals surface area contributed by atoms with Crippen LogP contribution in [0, 0.1) is 13.8 Å². The third-order valence-electron chi connectivity index (χ3n) is 3.26. The Hall–Kier alpha value is -2.21. The zero-order valence-corrected chi connectivity index (χ0v) is 15.3. The van der Waals surface area contributed by atoms with E-state index in [-0.39, 0.29) is 17.9 Å². The Kier molecular flexibility index (Phi) is 6.09. The van der Waals surface area contributed by atoms with E-state index in [2.05, 4.69) is 22.0 Å². The maximum absolute atomic E-state index is 11.4. The van der Waals surface area contributed by atoms with Gasteiger partial charge in [0.15, 0.2) is 11.5 Å². The van der Waals surface area contributed by atoms with Crippen molar-refractivity contribution < 1.29 is 24.1 Å². The summed E-state index contributed by atoms with van der Waals surface area (Å²) in [5, 5.41) is 9.32. The molecule has 5 nitrogen and oxygen atoms in total. The lowest BCUT2D eigenvalue weighted by Gasteiger charge is -2.14. The summed E-state index contributed by atoms with van der Waals surface area (Å²) in [5.41, 5.74) is 2.27. The van der Waals surface area contributed by atoms with Gasteiger partial charge in [-0.3, -0.25) is 0 Å². The molecule has 0 saturated carbocycles. The predicted molar refractivity (Wildman–Crippen MR) is 94.6 cm³/mol. The summed E-state index contributed by atoms with van der Waals surface area (Å²) in [6.07, 6.45) is 0. The van der Waals surface area contributed by atoms with Gasteiger partial charge in [0.05, 0.1) is 7.11 Å². The molecule has 0 bridgehead atoms. The van der Waals surface area contributed by atoms with Crippen LogP contribution in [0.1, 0.15) is 21.5 Å². The van der Waals surface area contributed by atoms with E-state index >= 15 is 0 Å². The van der Waals surface area contributed by atoms with Gasteiger partial charge >= 0.3 is 5.97 Å². The molecule has 0 unspecified atom stereocenters. The molecule has 0 aliphatic rings. The predicted octanol–water partition coefficient (Wildman–Crippen LogP) is 4.23. The Morgan fingerprint density at radius 3 is 2.25 bits per heavy atom. The van der Waals surface area contributed by atoms with Gasteiger partial charge in [0, 0.05) is 4.47 Å². The summed E-state index contributed by atoms with van der Waals surface area (Å²) in [5.74, 6) is 0.225. The molecule has 0 aromatic heterocycles. The van der Waals surface area contributed by atoms with Crippen LogP contribution in [-0.2, 0) is 0 Å². The van der Waals surface area contributed by atoms with E-state index in [1.807, 2.05) is 26.0 Å². The maximum Gasteiger partial charge on any atom is 0.339 e. The van der Waals surface area contributed by atoms with Crippen molar-refractivity contribution in [2.75, 3.05) is 20.3 Å². The van der Waals surface area contributed by atoms with E-state index in [0.29, 0.717) is 16.8 Å². The second-order valence-electron chi connectivity index (χ2n) is 5.31. The van der Waals surface area contributed by atoms with Crippen LogP contribution in [0.4, 0.5) is 0 Å². The van der Waals surface area contributed by atoms with E-state index in [1.54, 1.807) is 6.07 Å². The molecule has 1 N–H and O–H groups in total. The van der Waals surface area contributed by atoms with Crippen molar-refractivity contribution in [2.24, 2.45) is 0 Å². The Morgan fingerprint density at radius 2 is 1.67 bits per heavy atom. The Labute approximate surface area is 149 Å². The van der Waals surface area contributed by atoms with Crippen LogP contribution in [0.3, 0.4) is 0 Å². The highest BCUT2D eigenvalue weighted by Crippen LogP contribution is 2.34. The molecule has 0 fully saturated rings. The number of ether oxygens (including phenoxy) is 3. The lowest BCUT2D eigenvalue weighted by molar-refractivity contribution is 0.0690. The topological polar surface area (TPSA) is 65.0 Å². The number of aromatic carboxylic acids is 1. The number of methoxy groups -OCH3 is 1. The second kappa shape index (κ2) is 8.06. The van der Waals surface area contributed by atoms with Gasteiger partial charge in [-0.1, -0.05) is 22.0 Å². The van der Waals surface area contributed by atoms with Crippen LogP contribution in [0.25, 0.3) is 0 Å². The maximum atomic E-state index is 11.4. The second-order valence-corrected chi connectivity index (χ2v) is 6.23. The Bertz CT molecular complexity index is 722. The lowest BCUT2D eigenvalue weighted by Crippen LogP contribution is -2.12. The molecule has 2 rings (SSSR count). The van der Waals surface area contributed by atoms with Crippen LogP contribution >= 0.6 is 15.9 Å². The van der Waals surface area contributed by atoms with E-state index in [1.165, 1.54) is 13.2 Å². The van der Waals surface area contributed by atoms with Crippen molar-refractivity contribution in [2.45, 2.75) is 13.8 Å². The van der Waals surface area contributed by atoms with E-state index in [0.717, 1.165) is 16.9 Å². The highest BCUT2D eigenvalue weighted by atomic mass is 79.9. The molecule has 0 saturated heterocycles. The quantitative estimate of drug-likeness (QED) is 0.711. The molecule has 2 aromatic rings. The molecule has 24 heavy (non-hydrogen) atoms. The first-order chi connectivity index (χ1) is 11.4. The summed E-state index contributed by atoms with van der Waals surface area (Å²) in [6.45, 7) is 4.50. The number of hydrogen-bond acceptors (Lipinski definition) is 4. The first-order valence-electron chi connectivity index (χ1n) is 7.35. The molecule has 0 atom stereocenters. The highest BCUT2D eigenvalue weighted by molar-refractivity contribution is 9.10. The molecule has 0 radical (unpaired) electrons. The first-order valence-corrected chi connectivity index (χ1v) is 8.14. The number of hydrogen-bond donors (Lipinski definition) is 1. The normalized spacial score (nSPS) is 10.3. The third kappa shape index (κ3) is 4.64. The average molecular weight is 395 g/mol. The van der Waals surface area contributed by atoms with Gasteiger partial charge < -0.3 is 19.3 Å². The molecule has 0 aliphatic carbocycles. The lowest BCUT2D eigenvalue weighted by atomic mass is 10.1. The fourth-order valence-corrected chi connectivity index (χ4v) is 2.78. The molecule has 6 heteroatoms. The fraction of sp³-hybridized carbons (Fsp3) is 0.278. The zero-order valence-electron chi connectivity index (χ0n) is 13.8. The van der Waals surface area contributed by atoms with Gasteiger partial charge in [-0.25, -0.2) is 4.79 Å². The molecular formula is C18H19BrO5. The third-order valence-corrected chi connectivity index (χ3v) is 3.72. The highest BCUT2D eigenvalue weighted by Gasteiger charge is 2.18. The fourth-order valence-electron chi connectivity index (χ4n) is 2.35. The van der Waals surface area contributed by atoms with Crippen molar-refractivity contribution in [3.63, 3.8) is 0 Å². The molecule has 0 spiro atoms. The number of carboxylic acids is 1. The number of halogens is 1. The number of carbonyl (C=O) groups is 1. The van der Waals surface area contributed by atoms with E-state index in [4.69, 9.17) is 14.2 Å². The smallest absolute Gasteiger partial charge is 0.339 e. The summed E-state index contributed by atoms with van der Waals surface area (Å²) in [7, 11) is 1.46. The summed E-state index contributed by atoms with van der Waals surface area (Å²) < 4.78 is 17.1. The van der Waals surface area contributed by atoms with Crippen molar-refractivity contribution in [1.82, 2.24) is 0 Å². The minimum absolute atomic E-state index is 0.0348. The summed E-state index contributed by atoms with van der Waals surface area (Å²) in [6, 6.07) is 9.08. The number of aryl methyl sites for hydroxylation is 2. The van der Waals surface area contributed by atoms with Crippen molar-refractivity contribution >= 4 is 21.9 Å². The van der Waals surface area contributed by atoms with Gasteiger partial charge in [0.1, 0.15) is 24.5 Å². The van der Waals surface area contributed by atoms with Gasteiger partial charge in [0.2, 0.25) is 0 Å².